The zero-order valence-corrected chi connectivity index (χ0v) is 22.5. The van der Waals surface area contributed by atoms with Crippen LogP contribution in [-0.4, -0.2) is 42.5 Å². The maximum Gasteiger partial charge on any atom is 0.252 e. The third-order valence-electron chi connectivity index (χ3n) is 7.02. The highest BCUT2D eigenvalue weighted by Gasteiger charge is 2.21. The van der Waals surface area contributed by atoms with Crippen molar-refractivity contribution in [1.82, 2.24) is 15.2 Å². The van der Waals surface area contributed by atoms with Crippen LogP contribution in [0.3, 0.4) is 0 Å². The first kappa shape index (κ1) is 26.4. The van der Waals surface area contributed by atoms with Crippen molar-refractivity contribution in [3.8, 4) is 17.0 Å². The number of aromatic nitrogens is 1. The minimum Gasteiger partial charge on any atom is -0.497 e. The van der Waals surface area contributed by atoms with Gasteiger partial charge in [-0.1, -0.05) is 82.3 Å². The topological polar surface area (TPSA) is 54.5 Å². The lowest BCUT2D eigenvalue weighted by atomic mass is 9.98. The van der Waals surface area contributed by atoms with E-state index in [2.05, 4.69) is 62.2 Å². The number of para-hydroxylation sites is 1. The predicted octanol–water partition coefficient (Wildman–Crippen LogP) is 6.85. The Labute approximate surface area is 220 Å². The van der Waals surface area contributed by atoms with Crippen LogP contribution in [0.5, 0.6) is 5.75 Å². The number of benzene rings is 3. The van der Waals surface area contributed by atoms with E-state index >= 15 is 0 Å². The summed E-state index contributed by atoms with van der Waals surface area (Å²) >= 11 is 0. The van der Waals surface area contributed by atoms with Crippen molar-refractivity contribution in [2.24, 2.45) is 0 Å². The molecule has 0 fully saturated rings. The quantitative estimate of drug-likeness (QED) is 0.261. The zero-order chi connectivity index (χ0) is 26.4. The summed E-state index contributed by atoms with van der Waals surface area (Å²) in [6.45, 7) is 11.1. The largest absolute Gasteiger partial charge is 0.497 e. The van der Waals surface area contributed by atoms with Gasteiger partial charge in [0.25, 0.3) is 5.91 Å². The van der Waals surface area contributed by atoms with Crippen LogP contribution in [0.2, 0.25) is 0 Å². The van der Waals surface area contributed by atoms with E-state index in [1.165, 1.54) is 11.1 Å². The Morgan fingerprint density at radius 1 is 0.919 bits per heavy atom. The molecule has 4 aromatic rings. The van der Waals surface area contributed by atoms with Crippen molar-refractivity contribution in [3.05, 3.63) is 95.6 Å². The van der Waals surface area contributed by atoms with Gasteiger partial charge in [0, 0.05) is 17.5 Å². The highest BCUT2D eigenvalue weighted by Crippen LogP contribution is 2.28. The molecule has 5 heteroatoms. The van der Waals surface area contributed by atoms with E-state index in [4.69, 9.17) is 9.72 Å². The summed E-state index contributed by atoms with van der Waals surface area (Å²) in [6.07, 6.45) is 0. The number of nitrogens with one attached hydrogen (secondary N) is 1. The second-order valence-corrected chi connectivity index (χ2v) is 9.57. The van der Waals surface area contributed by atoms with Crippen molar-refractivity contribution in [1.29, 1.82) is 0 Å². The van der Waals surface area contributed by atoms with Crippen molar-refractivity contribution >= 4 is 16.8 Å². The van der Waals surface area contributed by atoms with Crippen LogP contribution in [0.1, 0.15) is 61.1 Å². The van der Waals surface area contributed by atoms with E-state index in [0.29, 0.717) is 18.0 Å². The fourth-order valence-electron chi connectivity index (χ4n) is 4.80. The molecule has 0 spiro atoms. The molecule has 37 heavy (non-hydrogen) atoms. The second kappa shape index (κ2) is 12.0. The van der Waals surface area contributed by atoms with Crippen LogP contribution in [0, 0.1) is 0 Å². The SMILES string of the molecule is CCN(CC)[C@H](CNC(=O)c1cc(-c2cccc(OC)c2)nc2ccccc12)c1ccc(C(C)C)cc1. The maximum atomic E-state index is 13.7. The third kappa shape index (κ3) is 6.00. The molecule has 1 amide bonds. The average molecular weight is 496 g/mol. The smallest absolute Gasteiger partial charge is 0.252 e. The summed E-state index contributed by atoms with van der Waals surface area (Å²) in [5.41, 5.74) is 5.59. The molecule has 0 aliphatic carbocycles. The summed E-state index contributed by atoms with van der Waals surface area (Å²) in [4.78, 5) is 20.9. The lowest BCUT2D eigenvalue weighted by molar-refractivity contribution is 0.0936. The first-order chi connectivity index (χ1) is 17.9. The van der Waals surface area contributed by atoms with Gasteiger partial charge in [-0.05, 0) is 54.4 Å². The number of nitrogens with zero attached hydrogens (tertiary/aromatic N) is 2. The van der Waals surface area contributed by atoms with E-state index in [1.54, 1.807) is 7.11 Å². The lowest BCUT2D eigenvalue weighted by Crippen LogP contribution is -2.38. The van der Waals surface area contributed by atoms with E-state index in [-0.39, 0.29) is 11.9 Å². The van der Waals surface area contributed by atoms with Crippen LogP contribution in [0.15, 0.2) is 78.9 Å². The number of likely N-dealkylation sites (N-methyl/N-ethyl adjacent to an activating group) is 1. The van der Waals surface area contributed by atoms with Gasteiger partial charge < -0.3 is 10.1 Å². The number of pyridine rings is 1. The molecule has 192 valence electrons. The van der Waals surface area contributed by atoms with E-state index < -0.39 is 0 Å². The molecule has 1 atom stereocenters. The Balaban J connectivity index is 1.65. The van der Waals surface area contributed by atoms with Gasteiger partial charge >= 0.3 is 0 Å². The Morgan fingerprint density at radius 2 is 1.62 bits per heavy atom. The fourth-order valence-corrected chi connectivity index (χ4v) is 4.80. The third-order valence-corrected chi connectivity index (χ3v) is 7.02. The van der Waals surface area contributed by atoms with Gasteiger partial charge in [0.05, 0.1) is 29.9 Å². The highest BCUT2D eigenvalue weighted by molar-refractivity contribution is 6.07. The molecule has 0 saturated heterocycles. The van der Waals surface area contributed by atoms with Crippen LogP contribution in [-0.2, 0) is 0 Å². The summed E-state index contributed by atoms with van der Waals surface area (Å²) < 4.78 is 5.40. The Morgan fingerprint density at radius 3 is 2.30 bits per heavy atom. The number of rotatable bonds is 10. The van der Waals surface area contributed by atoms with Gasteiger partial charge in [0.1, 0.15) is 5.75 Å². The number of hydrogen-bond acceptors (Lipinski definition) is 4. The van der Waals surface area contributed by atoms with Crippen LogP contribution < -0.4 is 10.1 Å². The van der Waals surface area contributed by atoms with Crippen LogP contribution in [0.4, 0.5) is 0 Å². The van der Waals surface area contributed by atoms with Crippen molar-refractivity contribution < 1.29 is 9.53 Å². The minimum absolute atomic E-state index is 0.0890. The number of carbonyl (C=O) groups is 1. The molecular formula is C32H37N3O2. The number of carbonyl (C=O) groups excluding carboxylic acids is 1. The number of amides is 1. The Hall–Kier alpha value is -3.70. The fraction of sp³-hybridized carbons (Fsp3) is 0.312. The number of fused-ring (bicyclic) bond motifs is 1. The molecule has 1 heterocycles. The molecular weight excluding hydrogens is 458 g/mol. The molecule has 0 radical (unpaired) electrons. The molecule has 0 unspecified atom stereocenters. The summed E-state index contributed by atoms with van der Waals surface area (Å²) in [5, 5.41) is 4.08. The monoisotopic (exact) mass is 495 g/mol. The van der Waals surface area contributed by atoms with Gasteiger partial charge in [-0.2, -0.15) is 0 Å². The maximum absolute atomic E-state index is 13.7. The second-order valence-electron chi connectivity index (χ2n) is 9.57. The predicted molar refractivity (Wildman–Crippen MR) is 152 cm³/mol. The first-order valence-corrected chi connectivity index (χ1v) is 13.1. The molecule has 4 rings (SSSR count). The molecule has 0 saturated carbocycles. The van der Waals surface area contributed by atoms with E-state index in [1.807, 2.05) is 54.6 Å². The molecule has 0 aliphatic rings. The minimum atomic E-state index is -0.0984. The summed E-state index contributed by atoms with van der Waals surface area (Å²) in [5.74, 6) is 1.14. The molecule has 1 aromatic heterocycles. The van der Waals surface area contributed by atoms with Crippen LogP contribution in [0.25, 0.3) is 22.2 Å². The van der Waals surface area contributed by atoms with Crippen LogP contribution >= 0.6 is 0 Å². The highest BCUT2D eigenvalue weighted by atomic mass is 16.5. The standard InChI is InChI=1S/C32H37N3O2/c1-6-35(7-2)31(24-17-15-23(16-18-24)22(3)4)21-33-32(36)28-20-30(25-11-10-12-26(19-25)37-5)34-29-14-9-8-13-27(28)29/h8-20,22,31H,6-7,21H2,1-5H3,(H,33,36)/t31-/m1/s1. The Kier molecular flexibility index (Phi) is 8.57. The molecule has 0 aliphatic heterocycles. The van der Waals surface area contributed by atoms with E-state index in [9.17, 15) is 4.79 Å². The van der Waals surface area contributed by atoms with Gasteiger partial charge in [-0.15, -0.1) is 0 Å². The van der Waals surface area contributed by atoms with Crippen molar-refractivity contribution in [3.63, 3.8) is 0 Å². The van der Waals surface area contributed by atoms with Gasteiger partial charge in [0.2, 0.25) is 0 Å². The van der Waals surface area contributed by atoms with Gasteiger partial charge in [-0.3, -0.25) is 9.69 Å². The van der Waals surface area contributed by atoms with Gasteiger partial charge in [-0.25, -0.2) is 4.98 Å². The van der Waals surface area contributed by atoms with Gasteiger partial charge in [0.15, 0.2) is 0 Å². The molecule has 0 bridgehead atoms. The number of methoxy groups -OCH3 is 1. The Bertz CT molecular complexity index is 1340. The normalized spacial score (nSPS) is 12.2. The lowest BCUT2D eigenvalue weighted by Gasteiger charge is -2.30. The molecule has 1 N–H and O–H groups in total. The number of ether oxygens (including phenoxy) is 1. The van der Waals surface area contributed by atoms with E-state index in [0.717, 1.165) is 41.0 Å². The first-order valence-electron chi connectivity index (χ1n) is 13.1. The molecule has 3 aromatic carbocycles. The van der Waals surface area contributed by atoms with Crippen molar-refractivity contribution in [2.45, 2.75) is 39.7 Å². The van der Waals surface area contributed by atoms with Crippen molar-refractivity contribution in [2.75, 3.05) is 26.7 Å². The number of hydrogen-bond donors (Lipinski definition) is 1. The average Bonchev–Trinajstić information content (AvgIpc) is 2.94. The summed E-state index contributed by atoms with van der Waals surface area (Å²) in [7, 11) is 1.65. The zero-order valence-electron chi connectivity index (χ0n) is 22.5. The molecule has 5 nitrogen and oxygen atoms in total. The summed E-state index contributed by atoms with van der Waals surface area (Å²) in [6, 6.07) is 26.3.